The molecule has 112 valence electrons. The molecule has 3 unspecified atom stereocenters. The average molecular weight is 289 g/mol. The first-order valence-corrected chi connectivity index (χ1v) is 7.69. The number of nitrogens with one attached hydrogen (secondary N) is 2. The summed E-state index contributed by atoms with van der Waals surface area (Å²) in [7, 11) is 0. The Morgan fingerprint density at radius 1 is 1.21 bits per heavy atom. The fourth-order valence-electron chi connectivity index (χ4n) is 3.50. The van der Waals surface area contributed by atoms with Crippen molar-refractivity contribution in [2.24, 2.45) is 11.8 Å². The van der Waals surface area contributed by atoms with Gasteiger partial charge < -0.3 is 10.6 Å². The first kappa shape index (κ1) is 16.8. The van der Waals surface area contributed by atoms with Gasteiger partial charge in [-0.2, -0.15) is 0 Å². The van der Waals surface area contributed by atoms with Gasteiger partial charge in [-0.3, -0.25) is 4.79 Å². The minimum absolute atomic E-state index is 0. The van der Waals surface area contributed by atoms with Gasteiger partial charge in [0.15, 0.2) is 0 Å². The van der Waals surface area contributed by atoms with Crippen LogP contribution in [0.5, 0.6) is 0 Å². The molecule has 3 atom stereocenters. The van der Waals surface area contributed by atoms with Crippen molar-refractivity contribution in [3.05, 3.63) is 0 Å². The highest BCUT2D eigenvalue weighted by Gasteiger charge is 2.28. The van der Waals surface area contributed by atoms with Crippen molar-refractivity contribution in [2.75, 3.05) is 6.54 Å². The molecule has 19 heavy (non-hydrogen) atoms. The Hall–Kier alpha value is -0.280. The Morgan fingerprint density at radius 2 is 1.89 bits per heavy atom. The predicted molar refractivity (Wildman–Crippen MR) is 81.6 cm³/mol. The molecule has 3 nitrogen and oxygen atoms in total. The van der Waals surface area contributed by atoms with E-state index < -0.39 is 0 Å². The second-order valence-electron chi connectivity index (χ2n) is 6.29. The predicted octanol–water partition coefficient (Wildman–Crippen LogP) is 2.88. The lowest BCUT2D eigenvalue weighted by Gasteiger charge is -2.36. The monoisotopic (exact) mass is 288 g/mol. The molecular weight excluding hydrogens is 260 g/mol. The molecule has 0 spiro atoms. The van der Waals surface area contributed by atoms with Crippen LogP contribution in [0.15, 0.2) is 0 Å². The Kier molecular flexibility index (Phi) is 7.16. The van der Waals surface area contributed by atoms with Crippen LogP contribution in [-0.4, -0.2) is 24.5 Å². The molecule has 0 aromatic heterocycles. The molecule has 4 heteroatoms. The van der Waals surface area contributed by atoms with Crippen LogP contribution >= 0.6 is 12.4 Å². The summed E-state index contributed by atoms with van der Waals surface area (Å²) >= 11 is 0. The summed E-state index contributed by atoms with van der Waals surface area (Å²) < 4.78 is 0. The number of halogens is 1. The zero-order valence-electron chi connectivity index (χ0n) is 12.3. The number of carbonyl (C=O) groups is 1. The zero-order chi connectivity index (χ0) is 13.0. The van der Waals surface area contributed by atoms with Crippen molar-refractivity contribution < 1.29 is 4.79 Å². The van der Waals surface area contributed by atoms with Crippen molar-refractivity contribution >= 4 is 18.3 Å². The van der Waals surface area contributed by atoms with E-state index in [0.717, 1.165) is 31.7 Å². The molecule has 0 bridgehead atoms. The van der Waals surface area contributed by atoms with E-state index in [4.69, 9.17) is 0 Å². The molecule has 1 heterocycles. The maximum absolute atomic E-state index is 12.0. The van der Waals surface area contributed by atoms with Gasteiger partial charge in [-0.15, -0.1) is 12.4 Å². The summed E-state index contributed by atoms with van der Waals surface area (Å²) in [6.45, 7) is 5.51. The van der Waals surface area contributed by atoms with Crippen molar-refractivity contribution in [3.8, 4) is 0 Å². The molecule has 2 fully saturated rings. The summed E-state index contributed by atoms with van der Waals surface area (Å²) in [6, 6.07) is 0.721. The van der Waals surface area contributed by atoms with E-state index in [9.17, 15) is 4.79 Å². The van der Waals surface area contributed by atoms with E-state index in [0.29, 0.717) is 18.0 Å². The van der Waals surface area contributed by atoms with Crippen LogP contribution in [-0.2, 0) is 4.79 Å². The minimum atomic E-state index is 0. The maximum atomic E-state index is 12.0. The van der Waals surface area contributed by atoms with Crippen LogP contribution in [0.2, 0.25) is 0 Å². The minimum Gasteiger partial charge on any atom is -0.352 e. The van der Waals surface area contributed by atoms with Crippen molar-refractivity contribution in [1.29, 1.82) is 0 Å². The summed E-state index contributed by atoms with van der Waals surface area (Å²) in [5.41, 5.74) is 0. The molecule has 0 aromatic rings. The fraction of sp³-hybridized carbons (Fsp3) is 0.933. The normalized spacial score (nSPS) is 31.8. The largest absolute Gasteiger partial charge is 0.352 e. The van der Waals surface area contributed by atoms with Gasteiger partial charge in [0.25, 0.3) is 0 Å². The Balaban J connectivity index is 0.00000180. The van der Waals surface area contributed by atoms with Gasteiger partial charge >= 0.3 is 0 Å². The van der Waals surface area contributed by atoms with E-state index >= 15 is 0 Å². The van der Waals surface area contributed by atoms with E-state index in [1.807, 2.05) is 0 Å². The lowest BCUT2D eigenvalue weighted by Crippen LogP contribution is -2.55. The zero-order valence-corrected chi connectivity index (χ0v) is 13.1. The lowest BCUT2D eigenvalue weighted by atomic mass is 9.89. The van der Waals surface area contributed by atoms with E-state index in [1.165, 1.54) is 25.7 Å². The number of amides is 1. The maximum Gasteiger partial charge on any atom is 0.220 e. The van der Waals surface area contributed by atoms with Gasteiger partial charge in [0.2, 0.25) is 5.91 Å². The highest BCUT2D eigenvalue weighted by molar-refractivity contribution is 5.85. The van der Waals surface area contributed by atoms with Gasteiger partial charge in [0.1, 0.15) is 0 Å². The van der Waals surface area contributed by atoms with Crippen LogP contribution in [0.1, 0.15) is 58.8 Å². The van der Waals surface area contributed by atoms with E-state index in [-0.39, 0.29) is 18.3 Å². The van der Waals surface area contributed by atoms with Crippen molar-refractivity contribution in [2.45, 2.75) is 70.9 Å². The molecule has 1 amide bonds. The molecule has 1 aliphatic heterocycles. The van der Waals surface area contributed by atoms with Crippen LogP contribution in [0.3, 0.4) is 0 Å². The number of hydrogen-bond donors (Lipinski definition) is 2. The number of carbonyl (C=O) groups excluding carboxylic acids is 1. The van der Waals surface area contributed by atoms with Gasteiger partial charge in [0.05, 0.1) is 0 Å². The lowest BCUT2D eigenvalue weighted by molar-refractivity contribution is -0.122. The molecule has 2 rings (SSSR count). The quantitative estimate of drug-likeness (QED) is 0.835. The van der Waals surface area contributed by atoms with E-state index in [2.05, 4.69) is 24.5 Å². The van der Waals surface area contributed by atoms with Crippen LogP contribution in [0, 0.1) is 11.8 Å². The highest BCUT2D eigenvalue weighted by atomic mass is 35.5. The third-order valence-electron chi connectivity index (χ3n) is 4.80. The average Bonchev–Trinajstić information content (AvgIpc) is 2.84. The summed E-state index contributed by atoms with van der Waals surface area (Å²) in [6.07, 6.45) is 8.39. The van der Waals surface area contributed by atoms with Gasteiger partial charge in [-0.25, -0.2) is 0 Å². The third kappa shape index (κ3) is 4.96. The number of hydrogen-bond acceptors (Lipinski definition) is 2. The first-order chi connectivity index (χ1) is 8.66. The van der Waals surface area contributed by atoms with Crippen LogP contribution < -0.4 is 10.6 Å². The fourth-order valence-corrected chi connectivity index (χ4v) is 3.50. The smallest absolute Gasteiger partial charge is 0.220 e. The van der Waals surface area contributed by atoms with Gasteiger partial charge in [-0.05, 0) is 38.1 Å². The number of piperidine rings is 1. The summed E-state index contributed by atoms with van der Waals surface area (Å²) in [4.78, 5) is 12.0. The SMILES string of the molecule is CC1CCNC(C)C1NC(=O)CCC1CCCC1.Cl. The summed E-state index contributed by atoms with van der Waals surface area (Å²) in [5.74, 6) is 1.67. The van der Waals surface area contributed by atoms with Crippen LogP contribution in [0.25, 0.3) is 0 Å². The Morgan fingerprint density at radius 3 is 2.53 bits per heavy atom. The molecule has 1 aliphatic carbocycles. The highest BCUT2D eigenvalue weighted by Crippen LogP contribution is 2.28. The molecular formula is C15H29ClN2O. The van der Waals surface area contributed by atoms with Gasteiger partial charge in [0, 0.05) is 18.5 Å². The second kappa shape index (κ2) is 8.11. The number of rotatable bonds is 4. The Labute approximate surface area is 123 Å². The van der Waals surface area contributed by atoms with Crippen LogP contribution in [0.4, 0.5) is 0 Å². The molecule has 0 radical (unpaired) electrons. The molecule has 1 saturated heterocycles. The molecule has 0 aromatic carbocycles. The molecule has 2 N–H and O–H groups in total. The van der Waals surface area contributed by atoms with E-state index in [1.54, 1.807) is 0 Å². The molecule has 2 aliphatic rings. The standard InChI is InChI=1S/C15H28N2O.ClH/c1-11-9-10-16-12(2)15(11)17-14(18)8-7-13-5-3-4-6-13;/h11-13,15-16H,3-10H2,1-2H3,(H,17,18);1H. The second-order valence-corrected chi connectivity index (χ2v) is 6.29. The molecule has 1 saturated carbocycles. The topological polar surface area (TPSA) is 41.1 Å². The van der Waals surface area contributed by atoms with Gasteiger partial charge in [-0.1, -0.05) is 32.6 Å². The first-order valence-electron chi connectivity index (χ1n) is 7.69. The van der Waals surface area contributed by atoms with Crippen molar-refractivity contribution in [1.82, 2.24) is 10.6 Å². The van der Waals surface area contributed by atoms with Crippen molar-refractivity contribution in [3.63, 3.8) is 0 Å². The third-order valence-corrected chi connectivity index (χ3v) is 4.80. The summed E-state index contributed by atoms with van der Waals surface area (Å²) in [5, 5.41) is 6.69. The Bertz CT molecular complexity index is 269.